The molecule has 3 heteroatoms. The van der Waals surface area contributed by atoms with E-state index in [1.54, 1.807) is 0 Å². The van der Waals surface area contributed by atoms with E-state index in [4.69, 9.17) is 0 Å². The molecule has 1 nitrogen and oxygen atoms in total. The zero-order valence-corrected chi connectivity index (χ0v) is 11.4. The van der Waals surface area contributed by atoms with Gasteiger partial charge in [0.25, 0.3) is 0 Å². The Kier molecular flexibility index (Phi) is 3.08. The molecular weight excluding hydrogens is 293 g/mol. The Morgan fingerprint density at radius 2 is 1.78 bits per heavy atom. The number of nitrogens with zero attached hydrogens (tertiary/aromatic N) is 1. The molecule has 0 unspecified atom stereocenters. The molecule has 1 aliphatic heterocycles. The second kappa shape index (κ2) is 4.73. The smallest absolute Gasteiger partial charge is 0.137 e. The Bertz CT molecular complexity index is 550. The second-order valence-electron chi connectivity index (χ2n) is 4.61. The molecule has 2 aromatic carbocycles. The van der Waals surface area contributed by atoms with Gasteiger partial charge in [0.2, 0.25) is 0 Å². The van der Waals surface area contributed by atoms with Gasteiger partial charge in [0.1, 0.15) is 5.82 Å². The third-order valence-corrected chi connectivity index (χ3v) is 4.03. The van der Waals surface area contributed by atoms with Crippen LogP contribution in [0.25, 0.3) is 0 Å². The predicted octanol–water partition coefficient (Wildman–Crippen LogP) is 4.19. The fourth-order valence-corrected chi connectivity index (χ4v) is 2.67. The minimum absolute atomic E-state index is 0.209. The number of hydrogen-bond acceptors (Lipinski definition) is 1. The number of hydrogen-bond donors (Lipinski definition) is 0. The van der Waals surface area contributed by atoms with Crippen LogP contribution in [0, 0.1) is 5.82 Å². The fourth-order valence-electron chi connectivity index (χ4n) is 2.31. The molecule has 3 rings (SSSR count). The van der Waals surface area contributed by atoms with Gasteiger partial charge in [-0.3, -0.25) is 0 Å². The van der Waals surface area contributed by atoms with Crippen molar-refractivity contribution in [2.75, 3.05) is 18.0 Å². The van der Waals surface area contributed by atoms with E-state index in [9.17, 15) is 4.39 Å². The van der Waals surface area contributed by atoms with Crippen LogP contribution in [0.15, 0.2) is 53.0 Å². The maximum atomic E-state index is 13.2. The van der Waals surface area contributed by atoms with Gasteiger partial charge in [-0.15, -0.1) is 0 Å². The van der Waals surface area contributed by atoms with Gasteiger partial charge < -0.3 is 4.90 Å². The maximum absolute atomic E-state index is 13.2. The summed E-state index contributed by atoms with van der Waals surface area (Å²) >= 11 is 3.23. The van der Waals surface area contributed by atoms with E-state index in [2.05, 4.69) is 45.1 Å². The number of halogens is 2. The second-order valence-corrected chi connectivity index (χ2v) is 5.47. The summed E-state index contributed by atoms with van der Waals surface area (Å²) in [5.74, 6) is 0.383. The van der Waals surface area contributed by atoms with Gasteiger partial charge in [-0.2, -0.15) is 0 Å². The van der Waals surface area contributed by atoms with E-state index in [-0.39, 0.29) is 5.82 Å². The van der Waals surface area contributed by atoms with E-state index in [0.29, 0.717) is 10.4 Å². The highest BCUT2D eigenvalue weighted by atomic mass is 79.9. The lowest BCUT2D eigenvalue weighted by molar-refractivity contribution is 0.524. The SMILES string of the molecule is Fc1ccc(N2CC(c3ccccc3)C2)cc1Br. The molecule has 1 heterocycles. The molecule has 0 spiro atoms. The largest absolute Gasteiger partial charge is 0.370 e. The molecule has 2 aromatic rings. The molecule has 1 aliphatic rings. The molecule has 0 amide bonds. The summed E-state index contributed by atoms with van der Waals surface area (Å²) in [6, 6.07) is 15.7. The summed E-state index contributed by atoms with van der Waals surface area (Å²) in [5.41, 5.74) is 2.46. The van der Waals surface area contributed by atoms with E-state index in [1.807, 2.05) is 18.2 Å². The Morgan fingerprint density at radius 3 is 2.44 bits per heavy atom. The average Bonchev–Trinajstić information content (AvgIpc) is 2.33. The first-order valence-corrected chi connectivity index (χ1v) is 6.78. The monoisotopic (exact) mass is 305 g/mol. The Labute approximate surface area is 114 Å². The van der Waals surface area contributed by atoms with Crippen molar-refractivity contribution in [3.63, 3.8) is 0 Å². The number of rotatable bonds is 2. The van der Waals surface area contributed by atoms with Crippen LogP contribution < -0.4 is 4.90 Å². The van der Waals surface area contributed by atoms with Crippen molar-refractivity contribution in [2.24, 2.45) is 0 Å². The van der Waals surface area contributed by atoms with Gasteiger partial charge in [0.05, 0.1) is 4.47 Å². The summed E-state index contributed by atoms with van der Waals surface area (Å²) in [7, 11) is 0. The zero-order valence-electron chi connectivity index (χ0n) is 9.81. The lowest BCUT2D eigenvalue weighted by Gasteiger charge is -2.41. The van der Waals surface area contributed by atoms with Crippen LogP contribution in [0.1, 0.15) is 11.5 Å². The highest BCUT2D eigenvalue weighted by molar-refractivity contribution is 9.10. The van der Waals surface area contributed by atoms with Crippen LogP contribution in [-0.2, 0) is 0 Å². The Hall–Kier alpha value is -1.35. The summed E-state index contributed by atoms with van der Waals surface area (Å²) in [5, 5.41) is 0. The molecule has 0 aliphatic carbocycles. The summed E-state index contributed by atoms with van der Waals surface area (Å²) in [4.78, 5) is 2.27. The summed E-state index contributed by atoms with van der Waals surface area (Å²) < 4.78 is 13.7. The van der Waals surface area contributed by atoms with Crippen LogP contribution in [-0.4, -0.2) is 13.1 Å². The van der Waals surface area contributed by atoms with Crippen molar-refractivity contribution >= 4 is 21.6 Å². The lowest BCUT2D eigenvalue weighted by atomic mass is 9.91. The standard InChI is InChI=1S/C15H13BrFN/c16-14-8-13(6-7-15(14)17)18-9-12(10-18)11-4-2-1-3-5-11/h1-8,12H,9-10H2. The quantitative estimate of drug-likeness (QED) is 0.804. The van der Waals surface area contributed by atoms with Crippen LogP contribution in [0.2, 0.25) is 0 Å². The highest BCUT2D eigenvalue weighted by Crippen LogP contribution is 2.33. The van der Waals surface area contributed by atoms with Crippen LogP contribution in [0.5, 0.6) is 0 Å². The van der Waals surface area contributed by atoms with Crippen molar-refractivity contribution in [3.05, 3.63) is 64.4 Å². The third kappa shape index (κ3) is 2.15. The first kappa shape index (κ1) is 11.7. The third-order valence-electron chi connectivity index (χ3n) is 3.42. The summed E-state index contributed by atoms with van der Waals surface area (Å²) in [6.45, 7) is 2.00. The van der Waals surface area contributed by atoms with Crippen LogP contribution in [0.3, 0.4) is 0 Å². The number of benzene rings is 2. The minimum Gasteiger partial charge on any atom is -0.370 e. The molecule has 0 N–H and O–H groups in total. The van der Waals surface area contributed by atoms with E-state index in [0.717, 1.165) is 18.8 Å². The van der Waals surface area contributed by atoms with E-state index >= 15 is 0 Å². The van der Waals surface area contributed by atoms with Crippen molar-refractivity contribution in [3.8, 4) is 0 Å². The topological polar surface area (TPSA) is 3.24 Å². The summed E-state index contributed by atoms with van der Waals surface area (Å²) in [6.07, 6.45) is 0. The molecule has 0 saturated carbocycles. The van der Waals surface area contributed by atoms with Crippen molar-refractivity contribution in [1.29, 1.82) is 0 Å². The number of anilines is 1. The Morgan fingerprint density at radius 1 is 1.06 bits per heavy atom. The first-order chi connectivity index (χ1) is 8.74. The van der Waals surface area contributed by atoms with Crippen molar-refractivity contribution in [2.45, 2.75) is 5.92 Å². The molecule has 0 atom stereocenters. The molecular formula is C15H13BrFN. The van der Waals surface area contributed by atoms with Crippen molar-refractivity contribution < 1.29 is 4.39 Å². The lowest BCUT2D eigenvalue weighted by Crippen LogP contribution is -2.45. The molecule has 92 valence electrons. The predicted molar refractivity (Wildman–Crippen MR) is 75.5 cm³/mol. The highest BCUT2D eigenvalue weighted by Gasteiger charge is 2.28. The van der Waals surface area contributed by atoms with Crippen molar-refractivity contribution in [1.82, 2.24) is 0 Å². The van der Waals surface area contributed by atoms with Crippen LogP contribution in [0.4, 0.5) is 10.1 Å². The van der Waals surface area contributed by atoms with Gasteiger partial charge in [-0.25, -0.2) is 4.39 Å². The molecule has 0 bridgehead atoms. The first-order valence-electron chi connectivity index (χ1n) is 5.99. The van der Waals surface area contributed by atoms with Gasteiger partial charge in [-0.05, 0) is 39.7 Å². The molecule has 18 heavy (non-hydrogen) atoms. The molecule has 1 fully saturated rings. The Balaban J connectivity index is 1.70. The molecule has 0 aromatic heterocycles. The van der Waals surface area contributed by atoms with Gasteiger partial charge in [0, 0.05) is 24.7 Å². The zero-order chi connectivity index (χ0) is 12.5. The van der Waals surface area contributed by atoms with Gasteiger partial charge >= 0.3 is 0 Å². The van der Waals surface area contributed by atoms with E-state index in [1.165, 1.54) is 11.6 Å². The molecule has 1 saturated heterocycles. The maximum Gasteiger partial charge on any atom is 0.137 e. The van der Waals surface area contributed by atoms with Gasteiger partial charge in [-0.1, -0.05) is 30.3 Å². The molecule has 0 radical (unpaired) electrons. The average molecular weight is 306 g/mol. The van der Waals surface area contributed by atoms with Gasteiger partial charge in [0.15, 0.2) is 0 Å². The normalized spacial score (nSPS) is 15.6. The van der Waals surface area contributed by atoms with E-state index < -0.39 is 0 Å². The minimum atomic E-state index is -0.209. The fraction of sp³-hybridized carbons (Fsp3) is 0.200. The van der Waals surface area contributed by atoms with Crippen LogP contribution >= 0.6 is 15.9 Å².